The minimum absolute atomic E-state index is 0.198. The average Bonchev–Trinajstić information content (AvgIpc) is 3.09. The van der Waals surface area contributed by atoms with E-state index in [1.54, 1.807) is 17.5 Å². The number of hydrogen-bond acceptors (Lipinski definition) is 5. The van der Waals surface area contributed by atoms with Crippen molar-refractivity contribution in [2.45, 2.75) is 6.18 Å². The van der Waals surface area contributed by atoms with Gasteiger partial charge in [-0.15, -0.1) is 11.3 Å². The van der Waals surface area contributed by atoms with Gasteiger partial charge in [0, 0.05) is 13.1 Å². The maximum atomic E-state index is 12.8. The van der Waals surface area contributed by atoms with Crippen LogP contribution in [0.1, 0.15) is 11.1 Å². The van der Waals surface area contributed by atoms with Crippen molar-refractivity contribution in [2.24, 2.45) is 0 Å². The fraction of sp³-hybridized carbons (Fsp3) is 0.375. The molecule has 134 valence electrons. The monoisotopic (exact) mass is 387 g/mol. The SMILES string of the molecule is CN1CCOCC1.N#Cc1c(C(F)(F)F)cc(-c2cccs2)[nH]c1=S. The number of thiophene rings is 1. The predicted octanol–water partition coefficient (Wildman–Crippen LogP) is 4.31. The summed E-state index contributed by atoms with van der Waals surface area (Å²) in [5, 5.41) is 10.5. The van der Waals surface area contributed by atoms with Crippen molar-refractivity contribution in [1.29, 1.82) is 5.26 Å². The number of rotatable bonds is 1. The highest BCUT2D eigenvalue weighted by Gasteiger charge is 2.34. The maximum Gasteiger partial charge on any atom is 0.417 e. The lowest BCUT2D eigenvalue weighted by atomic mass is 10.1. The van der Waals surface area contributed by atoms with E-state index in [0.717, 1.165) is 32.4 Å². The number of alkyl halides is 3. The number of aromatic nitrogens is 1. The molecule has 0 atom stereocenters. The van der Waals surface area contributed by atoms with Crippen LogP contribution in [0, 0.1) is 16.0 Å². The fourth-order valence-electron chi connectivity index (χ4n) is 2.11. The summed E-state index contributed by atoms with van der Waals surface area (Å²) in [4.78, 5) is 5.55. The summed E-state index contributed by atoms with van der Waals surface area (Å²) in [6, 6.07) is 5.81. The summed E-state index contributed by atoms with van der Waals surface area (Å²) in [6.45, 7) is 4.02. The molecule has 4 nitrogen and oxygen atoms in total. The van der Waals surface area contributed by atoms with E-state index in [9.17, 15) is 13.2 Å². The first-order valence-corrected chi connectivity index (χ1v) is 8.66. The van der Waals surface area contributed by atoms with Crippen molar-refractivity contribution in [3.63, 3.8) is 0 Å². The molecule has 3 heterocycles. The Morgan fingerprint density at radius 1 is 1.36 bits per heavy atom. The molecule has 0 bridgehead atoms. The zero-order chi connectivity index (χ0) is 18.4. The topological polar surface area (TPSA) is 52.0 Å². The predicted molar refractivity (Wildman–Crippen MR) is 93.0 cm³/mol. The molecule has 9 heteroatoms. The molecule has 0 aliphatic carbocycles. The highest BCUT2D eigenvalue weighted by molar-refractivity contribution is 7.71. The fourth-order valence-corrected chi connectivity index (χ4v) is 3.08. The number of morpholine rings is 1. The summed E-state index contributed by atoms with van der Waals surface area (Å²) in [5.41, 5.74) is -1.28. The molecule has 0 amide bonds. The summed E-state index contributed by atoms with van der Waals surface area (Å²) in [5.74, 6) is 0. The standard InChI is InChI=1S/C11H5F3N2S2.C5H11NO/c12-11(13,14)7-4-8(9-2-1-3-18-9)16-10(17)6(7)5-15;1-6-2-4-7-5-3-6/h1-4H,(H,16,17);2-5H2,1H3. The van der Waals surface area contributed by atoms with Gasteiger partial charge in [-0.05, 0) is 24.6 Å². The van der Waals surface area contributed by atoms with Crippen molar-refractivity contribution in [3.05, 3.63) is 39.3 Å². The Morgan fingerprint density at radius 2 is 2.04 bits per heavy atom. The normalized spacial score (nSPS) is 15.2. The van der Waals surface area contributed by atoms with Gasteiger partial charge in [-0.25, -0.2) is 0 Å². The second-order valence-electron chi connectivity index (χ2n) is 5.30. The Bertz CT molecular complexity index is 788. The molecule has 0 saturated carbocycles. The Labute approximate surface area is 152 Å². The van der Waals surface area contributed by atoms with E-state index in [1.165, 1.54) is 17.4 Å². The Morgan fingerprint density at radius 3 is 2.48 bits per heavy atom. The second-order valence-corrected chi connectivity index (χ2v) is 6.66. The zero-order valence-electron chi connectivity index (χ0n) is 13.4. The molecule has 2 aromatic rings. The van der Waals surface area contributed by atoms with Crippen LogP contribution in [0.3, 0.4) is 0 Å². The first-order valence-electron chi connectivity index (χ1n) is 7.37. The number of nitrogens with one attached hydrogen (secondary N) is 1. The van der Waals surface area contributed by atoms with Gasteiger partial charge in [-0.1, -0.05) is 18.3 Å². The van der Waals surface area contributed by atoms with Crippen molar-refractivity contribution in [3.8, 4) is 16.6 Å². The Balaban J connectivity index is 0.000000269. The lowest BCUT2D eigenvalue weighted by molar-refractivity contribution is -0.137. The van der Waals surface area contributed by atoms with Crippen LogP contribution < -0.4 is 0 Å². The van der Waals surface area contributed by atoms with Gasteiger partial charge in [0.15, 0.2) is 0 Å². The van der Waals surface area contributed by atoms with Crippen molar-refractivity contribution < 1.29 is 17.9 Å². The largest absolute Gasteiger partial charge is 0.417 e. The quantitative estimate of drug-likeness (QED) is 0.741. The van der Waals surface area contributed by atoms with Crippen LogP contribution in [0.4, 0.5) is 13.2 Å². The minimum Gasteiger partial charge on any atom is -0.379 e. The van der Waals surface area contributed by atoms with Gasteiger partial charge >= 0.3 is 6.18 Å². The van der Waals surface area contributed by atoms with Gasteiger partial charge in [0.1, 0.15) is 10.7 Å². The molecule has 0 spiro atoms. The van der Waals surface area contributed by atoms with Gasteiger partial charge in [-0.2, -0.15) is 18.4 Å². The second kappa shape index (κ2) is 8.58. The molecule has 1 fully saturated rings. The molecule has 0 aromatic carbocycles. The highest BCUT2D eigenvalue weighted by atomic mass is 32.1. The van der Waals surface area contributed by atoms with Crippen LogP contribution in [-0.2, 0) is 10.9 Å². The molecule has 0 unspecified atom stereocenters. The van der Waals surface area contributed by atoms with Gasteiger partial charge in [0.2, 0.25) is 0 Å². The van der Waals surface area contributed by atoms with Crippen LogP contribution in [0.15, 0.2) is 23.6 Å². The molecule has 1 aliphatic rings. The number of aromatic amines is 1. The first kappa shape index (κ1) is 19.6. The van der Waals surface area contributed by atoms with E-state index in [2.05, 4.69) is 16.9 Å². The summed E-state index contributed by atoms with van der Waals surface area (Å²) in [6.07, 6.45) is -4.60. The van der Waals surface area contributed by atoms with Gasteiger partial charge in [-0.3, -0.25) is 0 Å². The van der Waals surface area contributed by atoms with Gasteiger partial charge in [0.05, 0.1) is 34.9 Å². The first-order chi connectivity index (χ1) is 11.8. The third-order valence-corrected chi connectivity index (χ3v) is 4.68. The smallest absolute Gasteiger partial charge is 0.379 e. The third-order valence-electron chi connectivity index (χ3n) is 3.47. The van der Waals surface area contributed by atoms with Crippen molar-refractivity contribution >= 4 is 23.6 Å². The molecular formula is C16H16F3N3OS2. The minimum atomic E-state index is -4.60. The van der Waals surface area contributed by atoms with E-state index < -0.39 is 17.3 Å². The molecule has 3 rings (SSSR count). The van der Waals surface area contributed by atoms with E-state index in [0.29, 0.717) is 4.88 Å². The van der Waals surface area contributed by atoms with Gasteiger partial charge in [0.25, 0.3) is 0 Å². The molecule has 1 aliphatic heterocycles. The highest BCUT2D eigenvalue weighted by Crippen LogP contribution is 2.35. The van der Waals surface area contributed by atoms with Crippen LogP contribution in [0.5, 0.6) is 0 Å². The summed E-state index contributed by atoms with van der Waals surface area (Å²) < 4.78 is 43.4. The Hall–Kier alpha value is -1.73. The van der Waals surface area contributed by atoms with Crippen LogP contribution >= 0.6 is 23.6 Å². The summed E-state index contributed by atoms with van der Waals surface area (Å²) in [7, 11) is 2.11. The molecule has 2 aromatic heterocycles. The number of nitriles is 1. The van der Waals surface area contributed by atoms with Gasteiger partial charge < -0.3 is 14.6 Å². The molecular weight excluding hydrogens is 371 g/mol. The molecule has 0 radical (unpaired) electrons. The number of hydrogen-bond donors (Lipinski definition) is 1. The third kappa shape index (κ3) is 5.37. The van der Waals surface area contributed by atoms with Crippen LogP contribution in [-0.4, -0.2) is 43.2 Å². The van der Waals surface area contributed by atoms with Crippen molar-refractivity contribution in [2.75, 3.05) is 33.4 Å². The number of likely N-dealkylation sites (N-methyl/N-ethyl adjacent to an activating group) is 1. The number of halogens is 3. The zero-order valence-corrected chi connectivity index (χ0v) is 15.0. The maximum absolute atomic E-state index is 12.8. The van der Waals surface area contributed by atoms with E-state index in [-0.39, 0.29) is 10.3 Å². The van der Waals surface area contributed by atoms with Crippen LogP contribution in [0.2, 0.25) is 0 Å². The molecule has 25 heavy (non-hydrogen) atoms. The Kier molecular flexibility index (Phi) is 6.72. The lowest BCUT2D eigenvalue weighted by Crippen LogP contribution is -2.32. The number of nitrogens with zero attached hydrogens (tertiary/aromatic N) is 2. The van der Waals surface area contributed by atoms with E-state index in [4.69, 9.17) is 22.2 Å². The average molecular weight is 387 g/mol. The lowest BCUT2D eigenvalue weighted by Gasteiger charge is -2.21. The molecule has 1 saturated heterocycles. The summed E-state index contributed by atoms with van der Waals surface area (Å²) >= 11 is 6.09. The number of H-pyrrole nitrogens is 1. The van der Waals surface area contributed by atoms with Crippen LogP contribution in [0.25, 0.3) is 10.6 Å². The number of pyridine rings is 1. The number of ether oxygens (including phenoxy) is 1. The molecule has 1 N–H and O–H groups in total. The van der Waals surface area contributed by atoms with E-state index >= 15 is 0 Å². The van der Waals surface area contributed by atoms with E-state index in [1.807, 2.05) is 0 Å². The van der Waals surface area contributed by atoms with Crippen molar-refractivity contribution in [1.82, 2.24) is 9.88 Å².